The van der Waals surface area contributed by atoms with Crippen molar-refractivity contribution in [2.24, 2.45) is 4.76 Å². The summed E-state index contributed by atoms with van der Waals surface area (Å²) in [7, 11) is -3.50. The number of carbonyl (C=O) groups is 1. The highest BCUT2D eigenvalue weighted by Gasteiger charge is 2.42. The van der Waals surface area contributed by atoms with Crippen LogP contribution >= 0.6 is 19.0 Å². The third kappa shape index (κ3) is 5.16. The topological polar surface area (TPSA) is 69.1 Å². The molecule has 7 nitrogen and oxygen atoms in total. The minimum absolute atomic E-state index is 0.130. The number of anilines is 2. The summed E-state index contributed by atoms with van der Waals surface area (Å²) in [6, 6.07) is 13.9. The summed E-state index contributed by atoms with van der Waals surface area (Å²) in [5.41, 5.74) is 4.00. The van der Waals surface area contributed by atoms with Crippen LogP contribution in [0.25, 0.3) is 11.3 Å². The minimum Gasteiger partial charge on any atom is -0.349 e. The number of carbonyl (C=O) groups excluding carboxylic acids is 1. The average Bonchev–Trinajstić information content (AvgIpc) is 2.97. The zero-order chi connectivity index (χ0) is 30.3. The number of rotatable bonds is 5. The van der Waals surface area contributed by atoms with E-state index in [0.717, 1.165) is 16.8 Å². The number of para-hydroxylation sites is 1. The number of pyridine rings is 1. The van der Waals surface area contributed by atoms with E-state index in [1.54, 1.807) is 40.5 Å². The van der Waals surface area contributed by atoms with E-state index >= 15 is 4.39 Å². The van der Waals surface area contributed by atoms with Gasteiger partial charge in [-0.15, -0.1) is 0 Å². The summed E-state index contributed by atoms with van der Waals surface area (Å²) in [6.45, 7) is 14.3. The Hall–Kier alpha value is -3.48. The number of nitrogens with zero attached hydrogens (tertiary/aromatic N) is 5. The van der Waals surface area contributed by atoms with Gasteiger partial charge in [-0.3, -0.25) is 14.0 Å². The molecular formula is C32H36ClFN5O2P. The molecule has 0 N–H and O–H groups in total. The molecule has 2 aliphatic heterocycles. The lowest BCUT2D eigenvalue weighted by Crippen LogP contribution is -2.59. The summed E-state index contributed by atoms with van der Waals surface area (Å²) < 4.78 is 36.6. The average molecular weight is 608 g/mol. The van der Waals surface area contributed by atoms with E-state index in [-0.39, 0.29) is 34.3 Å². The Labute approximate surface area is 252 Å². The van der Waals surface area contributed by atoms with Crippen LogP contribution in [0.15, 0.2) is 65.9 Å². The minimum atomic E-state index is -3.50. The quantitative estimate of drug-likeness (QED) is 0.222. The number of piperazine rings is 1. The predicted octanol–water partition coefficient (Wildman–Crippen LogP) is 7.49. The molecule has 1 fully saturated rings. The summed E-state index contributed by atoms with van der Waals surface area (Å²) in [4.78, 5) is 21.4. The lowest BCUT2D eigenvalue weighted by atomic mass is 10.0. The first kappa shape index (κ1) is 30.0. The van der Waals surface area contributed by atoms with Crippen molar-refractivity contribution in [1.82, 2.24) is 14.8 Å². The molecule has 0 aliphatic carbocycles. The number of halogens is 2. The van der Waals surface area contributed by atoms with Crippen molar-refractivity contribution in [3.05, 3.63) is 88.7 Å². The van der Waals surface area contributed by atoms with Crippen LogP contribution in [0.3, 0.4) is 0 Å². The number of benzene rings is 2. The summed E-state index contributed by atoms with van der Waals surface area (Å²) in [5, 5.41) is 0.264. The van der Waals surface area contributed by atoms with Gasteiger partial charge in [0.2, 0.25) is 5.91 Å². The molecule has 42 heavy (non-hydrogen) atoms. The molecule has 1 saturated heterocycles. The van der Waals surface area contributed by atoms with Gasteiger partial charge in [0, 0.05) is 37.4 Å². The van der Waals surface area contributed by atoms with E-state index in [1.165, 1.54) is 12.1 Å². The fraction of sp³-hybridized carbons (Fsp3) is 0.344. The first-order valence-electron chi connectivity index (χ1n) is 14.3. The third-order valence-corrected chi connectivity index (χ3v) is 10.1. The van der Waals surface area contributed by atoms with Crippen molar-refractivity contribution in [2.45, 2.75) is 52.6 Å². The monoisotopic (exact) mass is 607 g/mol. The van der Waals surface area contributed by atoms with E-state index in [9.17, 15) is 9.36 Å². The summed E-state index contributed by atoms with van der Waals surface area (Å²) in [6.07, 6.45) is 2.76. The molecule has 0 unspecified atom stereocenters. The van der Waals surface area contributed by atoms with Crippen LogP contribution in [0, 0.1) is 5.82 Å². The molecule has 0 saturated carbocycles. The van der Waals surface area contributed by atoms with Crippen molar-refractivity contribution < 1.29 is 13.8 Å². The maximum Gasteiger partial charge on any atom is 0.285 e. The lowest BCUT2D eigenvalue weighted by Gasteiger charge is -2.47. The molecule has 0 spiro atoms. The Morgan fingerprint density at radius 3 is 2.36 bits per heavy atom. The molecule has 2 aliphatic rings. The maximum absolute atomic E-state index is 15.1. The van der Waals surface area contributed by atoms with Gasteiger partial charge < -0.3 is 9.80 Å². The van der Waals surface area contributed by atoms with E-state index in [2.05, 4.69) is 25.3 Å². The first-order chi connectivity index (χ1) is 20.0. The smallest absolute Gasteiger partial charge is 0.285 e. The van der Waals surface area contributed by atoms with E-state index in [0.29, 0.717) is 43.1 Å². The second-order valence-electron chi connectivity index (χ2n) is 10.9. The molecule has 3 heterocycles. The molecule has 1 amide bonds. The number of fused-ring (bicyclic) bond motifs is 1. The van der Waals surface area contributed by atoms with Crippen LogP contribution in [-0.4, -0.2) is 58.4 Å². The van der Waals surface area contributed by atoms with Crippen LogP contribution in [0.5, 0.6) is 0 Å². The van der Waals surface area contributed by atoms with Crippen LogP contribution in [0.2, 0.25) is 5.02 Å². The molecule has 220 valence electrons. The number of amides is 1. The Morgan fingerprint density at radius 1 is 1.07 bits per heavy atom. The standard InChI is InChI=1S/C32H36ClFN5O2P/c1-7-22-13-12-14-23(8-2)30(22)39-31-25(17-26(33)29(35-31)24-15-10-11-16-27(24)34)32(36-42(39,6)41)38-19-20(4)37(18-21(38)5)28(40)9-3/h9-17,20-21H,3,7-8,18-19H2,1-2,4-6H3/t20-,21+,42+/m1/s1. The fourth-order valence-electron chi connectivity index (χ4n) is 5.93. The van der Waals surface area contributed by atoms with E-state index < -0.39 is 13.3 Å². The summed E-state index contributed by atoms with van der Waals surface area (Å²) in [5.74, 6) is 0.360. The highest BCUT2D eigenvalue weighted by atomic mass is 35.5. The van der Waals surface area contributed by atoms with Gasteiger partial charge in [-0.2, -0.15) is 4.76 Å². The molecule has 3 aromatic rings. The Morgan fingerprint density at radius 2 is 1.74 bits per heavy atom. The molecule has 1 aromatic heterocycles. The van der Waals surface area contributed by atoms with Crippen LogP contribution in [-0.2, 0) is 22.2 Å². The van der Waals surface area contributed by atoms with Gasteiger partial charge in [0.1, 0.15) is 11.7 Å². The van der Waals surface area contributed by atoms with E-state index in [4.69, 9.17) is 21.3 Å². The SMILES string of the molecule is C=CC(=O)N1C[C@H](C)N(C2=N[P@](C)(=O)N(c3c(CC)cccc3CC)c3nc(-c4ccccc4F)c(Cl)cc32)C[C@H]1C. The molecule has 10 heteroatoms. The zero-order valence-electron chi connectivity index (χ0n) is 24.6. The van der Waals surface area contributed by atoms with Crippen LogP contribution < -0.4 is 4.67 Å². The van der Waals surface area contributed by atoms with Crippen molar-refractivity contribution in [2.75, 3.05) is 24.4 Å². The second kappa shape index (κ2) is 11.7. The van der Waals surface area contributed by atoms with Crippen LogP contribution in [0.4, 0.5) is 15.9 Å². The number of hydrogen-bond donors (Lipinski definition) is 0. The van der Waals surface area contributed by atoms with Crippen molar-refractivity contribution in [3.63, 3.8) is 0 Å². The molecule has 3 atom stereocenters. The number of aryl methyl sites for hydroxylation is 2. The Balaban J connectivity index is 1.76. The summed E-state index contributed by atoms with van der Waals surface area (Å²) >= 11 is 6.85. The predicted molar refractivity (Wildman–Crippen MR) is 170 cm³/mol. The van der Waals surface area contributed by atoms with Crippen LogP contribution in [0.1, 0.15) is 44.4 Å². The number of aromatic nitrogens is 1. The first-order valence-corrected chi connectivity index (χ1v) is 16.7. The van der Waals surface area contributed by atoms with Gasteiger partial charge in [-0.25, -0.2) is 9.37 Å². The van der Waals surface area contributed by atoms with Gasteiger partial charge in [0.25, 0.3) is 7.44 Å². The van der Waals surface area contributed by atoms with Gasteiger partial charge in [0.15, 0.2) is 5.82 Å². The highest BCUT2D eigenvalue weighted by molar-refractivity contribution is 7.64. The third-order valence-electron chi connectivity index (χ3n) is 8.07. The Bertz CT molecular complexity index is 1620. The fourth-order valence-corrected chi connectivity index (χ4v) is 7.98. The molecule has 0 bridgehead atoms. The highest BCUT2D eigenvalue weighted by Crippen LogP contribution is 2.60. The lowest BCUT2D eigenvalue weighted by molar-refractivity contribution is -0.130. The second-order valence-corrected chi connectivity index (χ2v) is 13.6. The van der Waals surface area contributed by atoms with Gasteiger partial charge in [-0.05, 0) is 62.1 Å². The van der Waals surface area contributed by atoms with Crippen molar-refractivity contribution >= 4 is 42.3 Å². The van der Waals surface area contributed by atoms with Gasteiger partial charge in [-0.1, -0.05) is 62.4 Å². The van der Waals surface area contributed by atoms with Crippen molar-refractivity contribution in [1.29, 1.82) is 0 Å². The molecule has 0 radical (unpaired) electrons. The molecule has 5 rings (SSSR count). The molecular weight excluding hydrogens is 572 g/mol. The number of hydrogen-bond acceptors (Lipinski definition) is 4. The normalized spacial score (nSPS) is 22.1. The van der Waals surface area contributed by atoms with Gasteiger partial charge in [0.05, 0.1) is 22.0 Å². The van der Waals surface area contributed by atoms with Gasteiger partial charge >= 0.3 is 0 Å². The van der Waals surface area contributed by atoms with Crippen molar-refractivity contribution in [3.8, 4) is 11.3 Å². The maximum atomic E-state index is 15.1. The number of amidine groups is 1. The zero-order valence-corrected chi connectivity index (χ0v) is 26.3. The van der Waals surface area contributed by atoms with E-state index in [1.807, 2.05) is 32.0 Å². The Kier molecular flexibility index (Phi) is 8.32. The largest absolute Gasteiger partial charge is 0.349 e. The molecule has 2 aromatic carbocycles.